The van der Waals surface area contributed by atoms with Gasteiger partial charge in [-0.15, -0.1) is 0 Å². The van der Waals surface area contributed by atoms with Gasteiger partial charge in [0.2, 0.25) is 5.89 Å². The van der Waals surface area contributed by atoms with Gasteiger partial charge in [-0.25, -0.2) is 8.42 Å². The molecule has 1 unspecified atom stereocenters. The second-order valence-electron chi connectivity index (χ2n) is 4.88. The molecule has 1 aromatic carbocycles. The first kappa shape index (κ1) is 16.1. The van der Waals surface area contributed by atoms with Gasteiger partial charge in [-0.2, -0.15) is 4.98 Å². The third-order valence-electron chi connectivity index (χ3n) is 2.88. The minimum Gasteiger partial charge on any atom is -0.338 e. The number of nitrogens with two attached hydrogens (primary N) is 1. The minimum atomic E-state index is -3.05. The molecule has 2 aromatic rings. The fourth-order valence-corrected chi connectivity index (χ4v) is 2.69. The smallest absolute Gasteiger partial charge is 0.243 e. The van der Waals surface area contributed by atoms with Gasteiger partial charge in [0.1, 0.15) is 9.84 Å². The largest absolute Gasteiger partial charge is 0.338 e. The SMILES string of the molecule is CS(=O)(=O)CCC(N)c1nc(Cc2ccc(Br)cc2)no1. The molecule has 0 aliphatic carbocycles. The van der Waals surface area contributed by atoms with Crippen LogP contribution in [0.15, 0.2) is 33.3 Å². The van der Waals surface area contributed by atoms with E-state index >= 15 is 0 Å². The lowest BCUT2D eigenvalue weighted by Crippen LogP contribution is -2.16. The Hall–Kier alpha value is -1.25. The molecule has 2 N–H and O–H groups in total. The van der Waals surface area contributed by atoms with Crippen LogP contribution in [0.4, 0.5) is 0 Å². The van der Waals surface area contributed by atoms with Crippen LogP contribution in [0, 0.1) is 0 Å². The topological polar surface area (TPSA) is 99.1 Å². The Morgan fingerprint density at radius 2 is 2.00 bits per heavy atom. The maximum atomic E-state index is 11.1. The summed E-state index contributed by atoms with van der Waals surface area (Å²) in [6.45, 7) is 0. The van der Waals surface area contributed by atoms with Crippen molar-refractivity contribution in [3.05, 3.63) is 46.0 Å². The predicted molar refractivity (Wildman–Crippen MR) is 82.5 cm³/mol. The molecule has 114 valence electrons. The number of sulfone groups is 1. The van der Waals surface area contributed by atoms with E-state index in [1.54, 1.807) is 0 Å². The Morgan fingerprint density at radius 3 is 2.62 bits per heavy atom. The number of rotatable bonds is 6. The lowest BCUT2D eigenvalue weighted by Gasteiger charge is -2.04. The van der Waals surface area contributed by atoms with Crippen molar-refractivity contribution in [2.24, 2.45) is 5.73 Å². The zero-order valence-corrected chi connectivity index (χ0v) is 13.9. The lowest BCUT2D eigenvalue weighted by molar-refractivity contribution is 0.349. The van der Waals surface area contributed by atoms with E-state index in [9.17, 15) is 8.42 Å². The summed E-state index contributed by atoms with van der Waals surface area (Å²) in [6.07, 6.45) is 1.97. The van der Waals surface area contributed by atoms with Gasteiger partial charge in [0, 0.05) is 17.1 Å². The third-order valence-corrected chi connectivity index (χ3v) is 4.38. The quantitative estimate of drug-likeness (QED) is 0.829. The van der Waals surface area contributed by atoms with E-state index in [1.165, 1.54) is 6.26 Å². The Balaban J connectivity index is 1.99. The van der Waals surface area contributed by atoms with Crippen LogP contribution < -0.4 is 5.73 Å². The first-order chi connectivity index (χ1) is 9.83. The van der Waals surface area contributed by atoms with Gasteiger partial charge >= 0.3 is 0 Å². The summed E-state index contributed by atoms with van der Waals surface area (Å²) in [5.74, 6) is 0.798. The molecular weight excluding hydrogens is 358 g/mol. The molecule has 21 heavy (non-hydrogen) atoms. The normalized spacial score (nSPS) is 13.3. The number of hydrogen-bond donors (Lipinski definition) is 1. The fourth-order valence-electron chi connectivity index (χ4n) is 1.74. The maximum absolute atomic E-state index is 11.1. The summed E-state index contributed by atoms with van der Waals surface area (Å²) in [6, 6.07) is 7.24. The second-order valence-corrected chi connectivity index (χ2v) is 8.05. The average molecular weight is 374 g/mol. The lowest BCUT2D eigenvalue weighted by atomic mass is 10.1. The van der Waals surface area contributed by atoms with Crippen LogP contribution in [0.2, 0.25) is 0 Å². The molecule has 0 bridgehead atoms. The van der Waals surface area contributed by atoms with E-state index in [2.05, 4.69) is 26.1 Å². The highest BCUT2D eigenvalue weighted by Gasteiger charge is 2.17. The molecule has 1 aromatic heterocycles. The number of benzene rings is 1. The Bertz CT molecular complexity index is 698. The molecule has 0 saturated heterocycles. The maximum Gasteiger partial charge on any atom is 0.243 e. The molecule has 1 heterocycles. The molecular formula is C13H16BrN3O3S. The van der Waals surface area contributed by atoms with E-state index < -0.39 is 15.9 Å². The van der Waals surface area contributed by atoms with E-state index in [1.807, 2.05) is 24.3 Å². The van der Waals surface area contributed by atoms with Gasteiger partial charge in [0.15, 0.2) is 5.82 Å². The van der Waals surface area contributed by atoms with Crippen LogP contribution in [-0.4, -0.2) is 30.6 Å². The highest BCUT2D eigenvalue weighted by atomic mass is 79.9. The molecule has 6 nitrogen and oxygen atoms in total. The molecule has 0 spiro atoms. The van der Waals surface area contributed by atoms with Crippen molar-refractivity contribution in [1.82, 2.24) is 10.1 Å². The Morgan fingerprint density at radius 1 is 1.33 bits per heavy atom. The highest BCUT2D eigenvalue weighted by Crippen LogP contribution is 2.16. The highest BCUT2D eigenvalue weighted by molar-refractivity contribution is 9.10. The van der Waals surface area contributed by atoms with Gasteiger partial charge < -0.3 is 10.3 Å². The zero-order valence-electron chi connectivity index (χ0n) is 11.5. The molecule has 0 amide bonds. The van der Waals surface area contributed by atoms with Gasteiger partial charge in [0.05, 0.1) is 11.8 Å². The summed E-state index contributed by atoms with van der Waals surface area (Å²) in [5, 5.41) is 3.87. The van der Waals surface area contributed by atoms with Crippen LogP contribution in [0.1, 0.15) is 29.7 Å². The van der Waals surface area contributed by atoms with Crippen molar-refractivity contribution in [3.63, 3.8) is 0 Å². The minimum absolute atomic E-state index is 0.00140. The summed E-state index contributed by atoms with van der Waals surface area (Å²) in [5.41, 5.74) is 6.91. The molecule has 0 fully saturated rings. The van der Waals surface area contributed by atoms with Crippen molar-refractivity contribution in [3.8, 4) is 0 Å². The van der Waals surface area contributed by atoms with E-state index in [4.69, 9.17) is 10.3 Å². The van der Waals surface area contributed by atoms with Crippen molar-refractivity contribution in [2.45, 2.75) is 18.9 Å². The van der Waals surface area contributed by atoms with Gasteiger partial charge in [0.25, 0.3) is 0 Å². The summed E-state index contributed by atoms with van der Waals surface area (Å²) < 4.78 is 28.3. The monoisotopic (exact) mass is 373 g/mol. The summed E-state index contributed by atoms with van der Waals surface area (Å²) in [4.78, 5) is 4.22. The van der Waals surface area contributed by atoms with E-state index in [0.717, 1.165) is 10.0 Å². The van der Waals surface area contributed by atoms with Crippen molar-refractivity contribution < 1.29 is 12.9 Å². The summed E-state index contributed by atoms with van der Waals surface area (Å²) in [7, 11) is -3.05. The van der Waals surface area contributed by atoms with Crippen LogP contribution in [-0.2, 0) is 16.3 Å². The zero-order chi connectivity index (χ0) is 15.5. The van der Waals surface area contributed by atoms with Gasteiger partial charge in [-0.05, 0) is 24.1 Å². The van der Waals surface area contributed by atoms with Crippen LogP contribution in [0.25, 0.3) is 0 Å². The molecule has 2 rings (SSSR count). The number of halogens is 1. The number of hydrogen-bond acceptors (Lipinski definition) is 6. The van der Waals surface area contributed by atoms with Crippen LogP contribution in [0.3, 0.4) is 0 Å². The Labute approximate surface area is 131 Å². The molecule has 1 atom stereocenters. The van der Waals surface area contributed by atoms with Crippen LogP contribution >= 0.6 is 15.9 Å². The molecule has 0 radical (unpaired) electrons. The predicted octanol–water partition coefficient (Wildman–Crippen LogP) is 1.86. The fraction of sp³-hybridized carbons (Fsp3) is 0.385. The van der Waals surface area contributed by atoms with Crippen molar-refractivity contribution in [2.75, 3.05) is 12.0 Å². The van der Waals surface area contributed by atoms with Crippen LogP contribution in [0.5, 0.6) is 0 Å². The molecule has 8 heteroatoms. The molecule has 0 aliphatic heterocycles. The van der Waals surface area contributed by atoms with Gasteiger partial charge in [-0.1, -0.05) is 33.2 Å². The number of aromatic nitrogens is 2. The van der Waals surface area contributed by atoms with Crippen molar-refractivity contribution >= 4 is 25.8 Å². The second kappa shape index (κ2) is 6.67. The first-order valence-corrected chi connectivity index (χ1v) is 9.19. The van der Waals surface area contributed by atoms with E-state index in [0.29, 0.717) is 12.2 Å². The first-order valence-electron chi connectivity index (χ1n) is 6.34. The van der Waals surface area contributed by atoms with Gasteiger partial charge in [-0.3, -0.25) is 0 Å². The standard InChI is InChI=1S/C13H16BrN3O3S/c1-21(18,19)7-6-11(15)13-16-12(17-20-13)8-9-2-4-10(14)5-3-9/h2-5,11H,6-8,15H2,1H3. The Kier molecular flexibility index (Phi) is 5.13. The number of nitrogens with zero attached hydrogens (tertiary/aromatic N) is 2. The third kappa shape index (κ3) is 5.22. The summed E-state index contributed by atoms with van der Waals surface area (Å²) >= 11 is 3.37. The molecule has 0 aliphatic rings. The molecule has 0 saturated carbocycles. The average Bonchev–Trinajstić information content (AvgIpc) is 2.86. The van der Waals surface area contributed by atoms with E-state index in [-0.39, 0.29) is 18.1 Å². The van der Waals surface area contributed by atoms with Crippen molar-refractivity contribution in [1.29, 1.82) is 0 Å².